The Morgan fingerprint density at radius 1 is 0.838 bits per heavy atom. The highest BCUT2D eigenvalue weighted by molar-refractivity contribution is 6.38. The second kappa shape index (κ2) is 13.6. The number of terminal acetylenes is 1. The summed E-state index contributed by atoms with van der Waals surface area (Å²) >= 11 is 31.8. The molecule has 0 amide bonds. The quantitative estimate of drug-likeness (QED) is 0.161. The first-order chi connectivity index (χ1) is 17.7. The Kier molecular flexibility index (Phi) is 10.9. The van der Waals surface area contributed by atoms with Gasteiger partial charge in [0.25, 0.3) is 0 Å². The van der Waals surface area contributed by atoms with Gasteiger partial charge in [-0.15, -0.1) is 6.42 Å². The van der Waals surface area contributed by atoms with Gasteiger partial charge in [0.2, 0.25) is 0 Å². The molecule has 0 unspecified atom stereocenters. The number of aliphatic hydroxyl groups is 2. The van der Waals surface area contributed by atoms with E-state index in [1.54, 1.807) is 0 Å². The number of ether oxygens (including phenoxy) is 3. The van der Waals surface area contributed by atoms with E-state index in [0.717, 1.165) is 55.0 Å². The van der Waals surface area contributed by atoms with E-state index in [2.05, 4.69) is 5.92 Å². The van der Waals surface area contributed by atoms with Crippen LogP contribution in [0.25, 0.3) is 0 Å². The largest absolute Gasteiger partial charge is 0.508 e. The predicted octanol–water partition coefficient (Wildman–Crippen LogP) is 9.00. The standard InChI is InChI=1S/C27H25Cl5O5/c1-2-8-35-14-20(34)16-37-26-23(31)11-18(12-24(26)32)27(6-4-3-5-7-27)17-9-21(29)25(22(30)10-17)36-15-19(33)13-28/h1,9-14,33-34H,3-8,15-16H2/b19-13-,20-14-. The van der Waals surface area contributed by atoms with Crippen molar-refractivity contribution < 1.29 is 24.4 Å². The molecule has 2 aromatic carbocycles. The molecule has 2 aromatic rings. The fraction of sp³-hybridized carbons (Fsp3) is 0.333. The minimum Gasteiger partial charge on any atom is -0.508 e. The zero-order valence-electron chi connectivity index (χ0n) is 19.7. The van der Waals surface area contributed by atoms with Crippen LogP contribution in [-0.4, -0.2) is 30.0 Å². The number of halogens is 5. The summed E-state index contributed by atoms with van der Waals surface area (Å²) < 4.78 is 16.2. The average molecular weight is 607 g/mol. The summed E-state index contributed by atoms with van der Waals surface area (Å²) in [6.07, 6.45) is 11.0. The Morgan fingerprint density at radius 3 is 1.73 bits per heavy atom. The second-order valence-electron chi connectivity index (χ2n) is 8.48. The summed E-state index contributed by atoms with van der Waals surface area (Å²) in [6.45, 7) is -0.340. The van der Waals surface area contributed by atoms with E-state index >= 15 is 0 Å². The summed E-state index contributed by atoms with van der Waals surface area (Å²) in [7, 11) is 0. The summed E-state index contributed by atoms with van der Waals surface area (Å²) in [5, 5.41) is 20.7. The maximum Gasteiger partial charge on any atom is 0.165 e. The predicted molar refractivity (Wildman–Crippen MR) is 150 cm³/mol. The van der Waals surface area contributed by atoms with Crippen molar-refractivity contribution >= 4 is 58.0 Å². The van der Waals surface area contributed by atoms with Crippen LogP contribution >= 0.6 is 58.0 Å². The van der Waals surface area contributed by atoms with Gasteiger partial charge in [-0.1, -0.05) is 83.2 Å². The Hall–Kier alpha value is -2.07. The molecule has 0 spiro atoms. The van der Waals surface area contributed by atoms with Gasteiger partial charge in [-0.25, -0.2) is 0 Å². The van der Waals surface area contributed by atoms with E-state index in [4.69, 9.17) is 78.6 Å². The molecule has 1 saturated carbocycles. The van der Waals surface area contributed by atoms with Crippen LogP contribution in [0.5, 0.6) is 11.5 Å². The Labute approximate surface area is 241 Å². The van der Waals surface area contributed by atoms with E-state index in [9.17, 15) is 10.2 Å². The number of aliphatic hydroxyl groups excluding tert-OH is 2. The fourth-order valence-corrected chi connectivity index (χ4v) is 5.65. The Bertz CT molecular complexity index is 1170. The van der Waals surface area contributed by atoms with Gasteiger partial charge in [0, 0.05) is 11.0 Å². The van der Waals surface area contributed by atoms with Crippen LogP contribution in [-0.2, 0) is 10.2 Å². The molecule has 37 heavy (non-hydrogen) atoms. The lowest BCUT2D eigenvalue weighted by Crippen LogP contribution is -2.30. The van der Waals surface area contributed by atoms with Gasteiger partial charge in [-0.05, 0) is 48.2 Å². The SMILES string of the molecule is C#CCO/C=C(\O)COc1c(Cl)cc(C2(c3cc(Cl)c(OC/C(O)=C/Cl)c(Cl)c3)CCCCC2)cc1Cl. The molecular formula is C27H25Cl5O5. The molecule has 0 bridgehead atoms. The van der Waals surface area contributed by atoms with Gasteiger partial charge in [0.1, 0.15) is 31.8 Å². The fourth-order valence-electron chi connectivity index (χ4n) is 4.39. The van der Waals surface area contributed by atoms with E-state index < -0.39 is 5.41 Å². The van der Waals surface area contributed by atoms with E-state index in [1.165, 1.54) is 0 Å². The highest BCUT2D eigenvalue weighted by Gasteiger charge is 2.37. The van der Waals surface area contributed by atoms with Crippen LogP contribution in [0, 0.1) is 12.3 Å². The van der Waals surface area contributed by atoms with Crippen molar-refractivity contribution in [3.63, 3.8) is 0 Å². The summed E-state index contributed by atoms with van der Waals surface area (Å²) in [5.74, 6) is 2.46. The molecule has 0 atom stereocenters. The van der Waals surface area contributed by atoms with Crippen molar-refractivity contribution in [1.82, 2.24) is 0 Å². The number of hydrogen-bond acceptors (Lipinski definition) is 5. The first-order valence-corrected chi connectivity index (χ1v) is 13.3. The van der Waals surface area contributed by atoms with Gasteiger partial charge in [0.15, 0.2) is 17.3 Å². The van der Waals surface area contributed by atoms with E-state index in [0.29, 0.717) is 20.1 Å². The van der Waals surface area contributed by atoms with Gasteiger partial charge < -0.3 is 24.4 Å². The van der Waals surface area contributed by atoms with Crippen LogP contribution in [0.2, 0.25) is 20.1 Å². The Morgan fingerprint density at radius 2 is 1.30 bits per heavy atom. The lowest BCUT2D eigenvalue weighted by atomic mass is 9.65. The second-order valence-corrected chi connectivity index (χ2v) is 10.3. The molecular weight excluding hydrogens is 582 g/mol. The Balaban J connectivity index is 1.95. The molecule has 198 valence electrons. The van der Waals surface area contributed by atoms with Crippen molar-refractivity contribution in [3.8, 4) is 23.8 Å². The zero-order chi connectivity index (χ0) is 27.0. The molecule has 2 N–H and O–H groups in total. The first kappa shape index (κ1) is 29.5. The maximum atomic E-state index is 9.92. The molecule has 10 heteroatoms. The third-order valence-electron chi connectivity index (χ3n) is 6.05. The average Bonchev–Trinajstić information content (AvgIpc) is 2.87. The molecule has 0 aromatic heterocycles. The summed E-state index contributed by atoms with van der Waals surface area (Å²) in [6, 6.07) is 7.28. The molecule has 0 aliphatic heterocycles. The number of rotatable bonds is 10. The van der Waals surface area contributed by atoms with E-state index in [1.807, 2.05) is 24.3 Å². The third-order valence-corrected chi connectivity index (χ3v) is 7.42. The zero-order valence-corrected chi connectivity index (χ0v) is 23.5. The third kappa shape index (κ3) is 7.28. The topological polar surface area (TPSA) is 68.2 Å². The van der Waals surface area contributed by atoms with Crippen LogP contribution in [0.1, 0.15) is 43.2 Å². The van der Waals surface area contributed by atoms with Gasteiger partial charge >= 0.3 is 0 Å². The minimum atomic E-state index is -0.445. The van der Waals surface area contributed by atoms with Crippen molar-refractivity contribution in [3.05, 3.63) is 78.8 Å². The van der Waals surface area contributed by atoms with E-state index in [-0.39, 0.29) is 42.8 Å². The van der Waals surface area contributed by atoms with Crippen molar-refractivity contribution in [1.29, 1.82) is 0 Å². The van der Waals surface area contributed by atoms with Crippen molar-refractivity contribution in [2.75, 3.05) is 19.8 Å². The van der Waals surface area contributed by atoms with Crippen LogP contribution in [0.4, 0.5) is 0 Å². The molecule has 5 nitrogen and oxygen atoms in total. The smallest absolute Gasteiger partial charge is 0.165 e. The van der Waals surface area contributed by atoms with Crippen molar-refractivity contribution in [2.45, 2.75) is 37.5 Å². The van der Waals surface area contributed by atoms with Crippen LogP contribution in [0.15, 0.2) is 47.6 Å². The normalized spacial score (nSPS) is 15.7. The molecule has 3 rings (SSSR count). The highest BCUT2D eigenvalue weighted by atomic mass is 35.5. The monoisotopic (exact) mass is 604 g/mol. The van der Waals surface area contributed by atoms with Crippen LogP contribution < -0.4 is 9.47 Å². The van der Waals surface area contributed by atoms with Crippen LogP contribution in [0.3, 0.4) is 0 Å². The lowest BCUT2D eigenvalue weighted by Gasteiger charge is -2.39. The molecule has 1 aliphatic rings. The van der Waals surface area contributed by atoms with Gasteiger partial charge in [0.05, 0.1) is 20.1 Å². The van der Waals surface area contributed by atoms with Crippen molar-refractivity contribution in [2.24, 2.45) is 0 Å². The first-order valence-electron chi connectivity index (χ1n) is 11.4. The molecule has 0 heterocycles. The summed E-state index contributed by atoms with van der Waals surface area (Å²) in [5.41, 5.74) is 2.37. The molecule has 1 fully saturated rings. The summed E-state index contributed by atoms with van der Waals surface area (Å²) in [4.78, 5) is 0. The molecule has 0 radical (unpaired) electrons. The number of hydrogen-bond donors (Lipinski definition) is 2. The molecule has 1 aliphatic carbocycles. The maximum absolute atomic E-state index is 9.92. The highest BCUT2D eigenvalue weighted by Crippen LogP contribution is 2.50. The van der Waals surface area contributed by atoms with Gasteiger partial charge in [-0.3, -0.25) is 0 Å². The van der Waals surface area contributed by atoms with Gasteiger partial charge in [-0.2, -0.15) is 0 Å². The molecule has 0 saturated heterocycles. The lowest BCUT2D eigenvalue weighted by molar-refractivity contribution is 0.227. The minimum absolute atomic E-state index is 0.0242. The number of benzene rings is 2.